The first-order chi connectivity index (χ1) is 16.7. The summed E-state index contributed by atoms with van der Waals surface area (Å²) >= 11 is 0. The molecule has 2 aliphatic rings. The topological polar surface area (TPSA) is 52.6 Å². The molecule has 1 heterocycles. The SMILES string of the molecule is O=C(NCCCCN1CCC[C@H]2c3cccc(O)c3CC[C@H]21)c1ccc(-c2ccccc2)cc1. The number of nitrogens with zero attached hydrogens (tertiary/aromatic N) is 1. The number of hydrogen-bond donors (Lipinski definition) is 2. The number of carbonyl (C=O) groups is 1. The highest BCUT2D eigenvalue weighted by Gasteiger charge is 2.36. The van der Waals surface area contributed by atoms with Crippen molar-refractivity contribution < 1.29 is 9.90 Å². The van der Waals surface area contributed by atoms with E-state index in [1.807, 2.05) is 54.6 Å². The summed E-state index contributed by atoms with van der Waals surface area (Å²) in [6.07, 6.45) is 6.61. The largest absolute Gasteiger partial charge is 0.508 e. The normalized spacial score (nSPS) is 19.8. The Morgan fingerprint density at radius 2 is 1.71 bits per heavy atom. The van der Waals surface area contributed by atoms with Crippen molar-refractivity contribution >= 4 is 5.91 Å². The highest BCUT2D eigenvalue weighted by atomic mass is 16.3. The highest BCUT2D eigenvalue weighted by molar-refractivity contribution is 5.94. The van der Waals surface area contributed by atoms with Crippen LogP contribution in [-0.2, 0) is 6.42 Å². The van der Waals surface area contributed by atoms with Gasteiger partial charge in [0.15, 0.2) is 0 Å². The fraction of sp³-hybridized carbons (Fsp3) is 0.367. The third kappa shape index (κ3) is 4.88. The Bertz CT molecular complexity index is 1110. The summed E-state index contributed by atoms with van der Waals surface area (Å²) in [5, 5.41) is 13.3. The van der Waals surface area contributed by atoms with Gasteiger partial charge < -0.3 is 10.4 Å². The first kappa shape index (κ1) is 22.7. The molecule has 0 spiro atoms. The lowest BCUT2D eigenvalue weighted by Gasteiger charge is -2.45. The molecule has 1 aliphatic carbocycles. The molecule has 2 N–H and O–H groups in total. The monoisotopic (exact) mass is 454 g/mol. The number of amides is 1. The third-order valence-electron chi connectivity index (χ3n) is 7.58. The molecule has 1 fully saturated rings. The van der Waals surface area contributed by atoms with E-state index in [1.165, 1.54) is 24.0 Å². The second-order valence-electron chi connectivity index (χ2n) is 9.64. The number of phenols is 1. The van der Waals surface area contributed by atoms with E-state index >= 15 is 0 Å². The Labute approximate surface area is 202 Å². The number of unbranched alkanes of at least 4 members (excludes halogenated alkanes) is 1. The first-order valence-electron chi connectivity index (χ1n) is 12.7. The smallest absolute Gasteiger partial charge is 0.251 e. The molecule has 4 heteroatoms. The van der Waals surface area contributed by atoms with Crippen molar-refractivity contribution in [2.45, 2.75) is 50.5 Å². The average molecular weight is 455 g/mol. The number of carbonyl (C=O) groups excluding carboxylic acids is 1. The first-order valence-corrected chi connectivity index (χ1v) is 12.7. The fourth-order valence-electron chi connectivity index (χ4n) is 5.84. The Morgan fingerprint density at radius 1 is 0.912 bits per heavy atom. The number of rotatable bonds is 7. The zero-order chi connectivity index (χ0) is 23.3. The maximum atomic E-state index is 12.5. The van der Waals surface area contributed by atoms with E-state index in [9.17, 15) is 9.90 Å². The van der Waals surface area contributed by atoms with Crippen LogP contribution in [0.4, 0.5) is 0 Å². The zero-order valence-electron chi connectivity index (χ0n) is 19.7. The Balaban J connectivity index is 1.08. The minimum Gasteiger partial charge on any atom is -0.508 e. The molecular weight excluding hydrogens is 420 g/mol. The minimum absolute atomic E-state index is 0.00124. The molecule has 0 saturated carbocycles. The molecule has 4 nitrogen and oxygen atoms in total. The van der Waals surface area contributed by atoms with Gasteiger partial charge in [-0.05, 0) is 98.0 Å². The van der Waals surface area contributed by atoms with Crippen molar-refractivity contribution in [3.63, 3.8) is 0 Å². The number of aromatic hydroxyl groups is 1. The minimum atomic E-state index is 0.00124. The van der Waals surface area contributed by atoms with E-state index < -0.39 is 0 Å². The van der Waals surface area contributed by atoms with Crippen LogP contribution in [0.3, 0.4) is 0 Å². The molecule has 34 heavy (non-hydrogen) atoms. The third-order valence-corrected chi connectivity index (χ3v) is 7.58. The molecule has 1 amide bonds. The summed E-state index contributed by atoms with van der Waals surface area (Å²) in [6, 6.07) is 24.7. The number of hydrogen-bond acceptors (Lipinski definition) is 3. The van der Waals surface area contributed by atoms with Crippen LogP contribution in [-0.4, -0.2) is 41.6 Å². The fourth-order valence-corrected chi connectivity index (χ4v) is 5.84. The van der Waals surface area contributed by atoms with Gasteiger partial charge in [0.25, 0.3) is 5.91 Å². The lowest BCUT2D eigenvalue weighted by molar-refractivity contribution is 0.0947. The van der Waals surface area contributed by atoms with Crippen LogP contribution < -0.4 is 5.32 Å². The standard InChI is InChI=1S/C30H34N2O2/c33-29-12-6-10-25-26-11-7-21-32(28(26)18-17-27(25)29)20-5-4-19-31-30(34)24-15-13-23(14-16-24)22-8-2-1-3-9-22/h1-3,6,8-10,12-16,26,28,33H,4-5,7,11,17-21H2,(H,31,34)/t26-,28+/m0/s1. The van der Waals surface area contributed by atoms with Gasteiger partial charge in [-0.15, -0.1) is 0 Å². The summed E-state index contributed by atoms with van der Waals surface area (Å²) in [5.41, 5.74) is 5.53. The maximum Gasteiger partial charge on any atom is 0.251 e. The van der Waals surface area contributed by atoms with Crippen LogP contribution in [0, 0.1) is 0 Å². The molecule has 176 valence electrons. The second-order valence-corrected chi connectivity index (χ2v) is 9.64. The van der Waals surface area contributed by atoms with Crippen molar-refractivity contribution in [2.24, 2.45) is 0 Å². The summed E-state index contributed by atoms with van der Waals surface area (Å²) in [6.45, 7) is 2.95. The van der Waals surface area contributed by atoms with Crippen molar-refractivity contribution in [3.8, 4) is 16.9 Å². The molecule has 5 rings (SSSR count). The van der Waals surface area contributed by atoms with Crippen LogP contribution in [0.2, 0.25) is 0 Å². The molecule has 0 radical (unpaired) electrons. The number of nitrogens with one attached hydrogen (secondary N) is 1. The van der Waals surface area contributed by atoms with E-state index in [2.05, 4.69) is 28.4 Å². The van der Waals surface area contributed by atoms with Gasteiger partial charge in [-0.2, -0.15) is 0 Å². The molecule has 2 atom stereocenters. The molecule has 1 aliphatic heterocycles. The predicted molar refractivity (Wildman–Crippen MR) is 137 cm³/mol. The van der Waals surface area contributed by atoms with Gasteiger partial charge in [0.2, 0.25) is 0 Å². The Morgan fingerprint density at radius 3 is 2.53 bits per heavy atom. The molecule has 0 bridgehead atoms. The van der Waals surface area contributed by atoms with Crippen LogP contribution >= 0.6 is 0 Å². The molecule has 3 aromatic carbocycles. The summed E-state index contributed by atoms with van der Waals surface area (Å²) < 4.78 is 0. The molecule has 0 unspecified atom stereocenters. The van der Waals surface area contributed by atoms with Crippen LogP contribution in [0.25, 0.3) is 11.1 Å². The Hall–Kier alpha value is -3.11. The van der Waals surface area contributed by atoms with E-state index in [4.69, 9.17) is 0 Å². The number of phenolic OH excluding ortho intramolecular Hbond substituents is 1. The lowest BCUT2D eigenvalue weighted by atomic mass is 9.74. The quantitative estimate of drug-likeness (QED) is 0.446. The molecule has 1 saturated heterocycles. The molecule has 3 aromatic rings. The summed E-state index contributed by atoms with van der Waals surface area (Å²) in [4.78, 5) is 15.2. The molecular formula is C30H34N2O2. The van der Waals surface area contributed by atoms with Crippen molar-refractivity contribution in [1.29, 1.82) is 0 Å². The number of benzene rings is 3. The van der Waals surface area contributed by atoms with E-state index in [-0.39, 0.29) is 5.91 Å². The average Bonchev–Trinajstić information content (AvgIpc) is 2.89. The van der Waals surface area contributed by atoms with Gasteiger partial charge in [-0.25, -0.2) is 0 Å². The summed E-state index contributed by atoms with van der Waals surface area (Å²) in [5.74, 6) is 1.02. The van der Waals surface area contributed by atoms with Crippen LogP contribution in [0.1, 0.15) is 59.5 Å². The predicted octanol–water partition coefficient (Wildman–Crippen LogP) is 5.76. The van der Waals surface area contributed by atoms with E-state index in [1.54, 1.807) is 0 Å². The van der Waals surface area contributed by atoms with Crippen molar-refractivity contribution in [1.82, 2.24) is 10.2 Å². The van der Waals surface area contributed by atoms with Gasteiger partial charge in [0.05, 0.1) is 0 Å². The number of fused-ring (bicyclic) bond motifs is 3. The van der Waals surface area contributed by atoms with Crippen molar-refractivity contribution in [3.05, 3.63) is 89.5 Å². The van der Waals surface area contributed by atoms with Gasteiger partial charge in [-0.3, -0.25) is 9.69 Å². The molecule has 0 aromatic heterocycles. The van der Waals surface area contributed by atoms with Gasteiger partial charge >= 0.3 is 0 Å². The second kappa shape index (κ2) is 10.4. The zero-order valence-corrected chi connectivity index (χ0v) is 19.7. The van der Waals surface area contributed by atoms with Gasteiger partial charge in [-0.1, -0.05) is 54.6 Å². The van der Waals surface area contributed by atoms with Gasteiger partial charge in [0, 0.05) is 18.2 Å². The van der Waals surface area contributed by atoms with Crippen LogP contribution in [0.5, 0.6) is 5.75 Å². The highest BCUT2D eigenvalue weighted by Crippen LogP contribution is 2.43. The summed E-state index contributed by atoms with van der Waals surface area (Å²) in [7, 11) is 0. The van der Waals surface area contributed by atoms with Crippen molar-refractivity contribution in [2.75, 3.05) is 19.6 Å². The van der Waals surface area contributed by atoms with Crippen LogP contribution in [0.15, 0.2) is 72.8 Å². The lowest BCUT2D eigenvalue weighted by Crippen LogP contribution is -2.46. The van der Waals surface area contributed by atoms with Gasteiger partial charge in [0.1, 0.15) is 5.75 Å². The van der Waals surface area contributed by atoms with E-state index in [0.717, 1.165) is 49.9 Å². The Kier molecular flexibility index (Phi) is 6.96. The number of piperidine rings is 1. The van der Waals surface area contributed by atoms with E-state index in [0.29, 0.717) is 29.8 Å². The number of likely N-dealkylation sites (tertiary alicyclic amines) is 1. The maximum absolute atomic E-state index is 12.5.